The van der Waals surface area contributed by atoms with Crippen LogP contribution in [0.4, 0.5) is 0 Å². The lowest BCUT2D eigenvalue weighted by Gasteiger charge is -2.56. The average molecular weight is 529 g/mol. The molecule has 0 aliphatic carbocycles. The largest absolute Gasteiger partial charge is 0.508 e. The summed E-state index contributed by atoms with van der Waals surface area (Å²) >= 11 is 1.25. The van der Waals surface area contributed by atoms with E-state index in [0.717, 1.165) is 16.7 Å². The molecule has 1 fully saturated rings. The van der Waals surface area contributed by atoms with Gasteiger partial charge in [0.1, 0.15) is 17.2 Å². The number of aliphatic hydroxyl groups excluding tert-OH is 1. The molecule has 7 nitrogen and oxygen atoms in total. The van der Waals surface area contributed by atoms with Crippen LogP contribution >= 0.6 is 11.8 Å². The molecule has 0 saturated carbocycles. The van der Waals surface area contributed by atoms with Crippen LogP contribution in [-0.4, -0.2) is 44.7 Å². The fourth-order valence-electron chi connectivity index (χ4n) is 4.89. The SMILES string of the molecule is CC1=C(O)C(C)(C(=O)OC(c2ccccc2)c2ccccc2)N2C(=O)C(NC(=O)Cc3ccccc3)[C@H]2S1. The van der Waals surface area contributed by atoms with E-state index in [9.17, 15) is 19.5 Å². The molecule has 2 unspecified atom stereocenters. The molecule has 2 amide bonds. The lowest BCUT2D eigenvalue weighted by Crippen LogP contribution is -2.78. The maximum absolute atomic E-state index is 13.8. The van der Waals surface area contributed by atoms with Crippen LogP contribution in [0.1, 0.15) is 36.6 Å². The highest BCUT2D eigenvalue weighted by Crippen LogP contribution is 2.49. The third kappa shape index (κ3) is 4.56. The number of esters is 1. The molecule has 194 valence electrons. The molecule has 8 heteroatoms. The monoisotopic (exact) mass is 528 g/mol. The number of β-lactam (4-membered cyclic amide) rings is 1. The second-order valence-electron chi connectivity index (χ2n) is 9.51. The molecule has 2 heterocycles. The van der Waals surface area contributed by atoms with Gasteiger partial charge in [0.15, 0.2) is 11.6 Å². The molecule has 38 heavy (non-hydrogen) atoms. The summed E-state index contributed by atoms with van der Waals surface area (Å²) in [5.41, 5.74) is 0.622. The summed E-state index contributed by atoms with van der Waals surface area (Å²) in [5.74, 6) is -1.71. The van der Waals surface area contributed by atoms with Crippen molar-refractivity contribution < 1.29 is 24.2 Å². The Hall–Kier alpha value is -4.04. The van der Waals surface area contributed by atoms with Crippen LogP contribution in [0.15, 0.2) is 102 Å². The fourth-order valence-corrected chi connectivity index (χ4v) is 6.31. The van der Waals surface area contributed by atoms with E-state index in [-0.39, 0.29) is 18.1 Å². The molecule has 5 rings (SSSR count). The van der Waals surface area contributed by atoms with Gasteiger partial charge in [0, 0.05) is 4.91 Å². The smallest absolute Gasteiger partial charge is 0.340 e. The summed E-state index contributed by atoms with van der Waals surface area (Å²) in [7, 11) is 0. The number of thioether (sulfide) groups is 1. The Bertz CT molecular complexity index is 1340. The molecule has 2 aliphatic rings. The Morgan fingerprint density at radius 2 is 1.50 bits per heavy atom. The zero-order valence-corrected chi connectivity index (χ0v) is 21.9. The Kier molecular flexibility index (Phi) is 6.99. The Morgan fingerprint density at radius 1 is 0.974 bits per heavy atom. The van der Waals surface area contributed by atoms with E-state index in [1.807, 2.05) is 91.0 Å². The van der Waals surface area contributed by atoms with Gasteiger partial charge in [-0.3, -0.25) is 9.59 Å². The topological polar surface area (TPSA) is 95.9 Å². The minimum Gasteiger partial charge on any atom is -0.508 e. The third-order valence-electron chi connectivity index (χ3n) is 6.97. The summed E-state index contributed by atoms with van der Waals surface area (Å²) in [6.07, 6.45) is -0.599. The Morgan fingerprint density at radius 3 is 2.05 bits per heavy atom. The van der Waals surface area contributed by atoms with Crippen LogP contribution < -0.4 is 5.32 Å². The Balaban J connectivity index is 1.39. The van der Waals surface area contributed by atoms with E-state index in [0.29, 0.717) is 4.91 Å². The van der Waals surface area contributed by atoms with Crippen molar-refractivity contribution in [2.45, 2.75) is 43.3 Å². The van der Waals surface area contributed by atoms with Crippen molar-refractivity contribution in [2.75, 3.05) is 0 Å². The number of carbonyl (C=O) groups excluding carboxylic acids is 3. The quantitative estimate of drug-likeness (QED) is 0.346. The first-order chi connectivity index (χ1) is 18.3. The highest BCUT2D eigenvalue weighted by atomic mass is 32.2. The summed E-state index contributed by atoms with van der Waals surface area (Å²) in [6.45, 7) is 3.19. The minimum atomic E-state index is -1.74. The van der Waals surface area contributed by atoms with Gasteiger partial charge >= 0.3 is 5.97 Å². The molecule has 0 radical (unpaired) electrons. The molecule has 3 aromatic carbocycles. The number of fused-ring (bicyclic) bond motifs is 1. The second-order valence-corrected chi connectivity index (χ2v) is 10.8. The van der Waals surface area contributed by atoms with Gasteiger partial charge in [-0.2, -0.15) is 0 Å². The van der Waals surface area contributed by atoms with Crippen LogP contribution in [0.2, 0.25) is 0 Å². The molecule has 3 aromatic rings. The number of nitrogens with one attached hydrogen (secondary N) is 1. The van der Waals surface area contributed by atoms with E-state index in [1.165, 1.54) is 23.6 Å². The number of ether oxygens (including phenoxy) is 1. The summed E-state index contributed by atoms with van der Waals surface area (Å²) in [4.78, 5) is 41.7. The molecule has 3 atom stereocenters. The van der Waals surface area contributed by atoms with Crippen molar-refractivity contribution in [1.29, 1.82) is 0 Å². The predicted octanol–water partition coefficient (Wildman–Crippen LogP) is 4.51. The fraction of sp³-hybridized carbons (Fsp3) is 0.233. The second kappa shape index (κ2) is 10.4. The first-order valence-electron chi connectivity index (χ1n) is 12.3. The maximum Gasteiger partial charge on any atom is 0.340 e. The number of nitrogens with zero attached hydrogens (tertiary/aromatic N) is 1. The number of aliphatic hydroxyl groups is 1. The molecular weight excluding hydrogens is 500 g/mol. The summed E-state index contributed by atoms with van der Waals surface area (Å²) < 4.78 is 6.06. The van der Waals surface area contributed by atoms with Gasteiger partial charge in [0.25, 0.3) is 5.91 Å². The number of rotatable bonds is 7. The van der Waals surface area contributed by atoms with E-state index in [1.54, 1.807) is 6.92 Å². The lowest BCUT2D eigenvalue weighted by molar-refractivity contribution is -0.176. The highest BCUT2D eigenvalue weighted by Gasteiger charge is 2.64. The zero-order chi connectivity index (χ0) is 26.9. The lowest BCUT2D eigenvalue weighted by atomic mass is 9.89. The van der Waals surface area contributed by atoms with Gasteiger partial charge < -0.3 is 20.1 Å². The number of hydrogen-bond acceptors (Lipinski definition) is 6. The molecular formula is C30H28N2O5S. The van der Waals surface area contributed by atoms with Crippen molar-refractivity contribution in [3.63, 3.8) is 0 Å². The molecule has 2 N–H and O–H groups in total. The number of carbonyl (C=O) groups is 3. The highest BCUT2D eigenvalue weighted by molar-refractivity contribution is 8.03. The van der Waals surface area contributed by atoms with Gasteiger partial charge in [-0.15, -0.1) is 0 Å². The Labute approximate surface area is 225 Å². The van der Waals surface area contributed by atoms with Gasteiger partial charge in [0.2, 0.25) is 5.91 Å². The summed E-state index contributed by atoms with van der Waals surface area (Å²) in [6, 6.07) is 27.1. The van der Waals surface area contributed by atoms with Gasteiger partial charge in [-0.25, -0.2) is 4.79 Å². The van der Waals surface area contributed by atoms with Crippen molar-refractivity contribution >= 4 is 29.5 Å². The van der Waals surface area contributed by atoms with Gasteiger partial charge in [-0.1, -0.05) is 103 Å². The first kappa shape index (κ1) is 25.6. The standard InChI is InChI=1S/C30H28N2O5S/c1-19-26(34)30(2,29(36)37-25(21-14-8-4-9-15-21)22-16-10-5-11-17-22)32-27(35)24(28(32)38-19)31-23(33)18-20-12-6-3-7-13-20/h3-17,24-25,28,34H,18H2,1-2H3,(H,31,33)/t24?,28-,30?/m1/s1. The summed E-state index contributed by atoms with van der Waals surface area (Å²) in [5, 5.41) is 13.4. The normalized spacial score (nSPS) is 22.5. The van der Waals surface area contributed by atoms with Crippen LogP contribution in [0.3, 0.4) is 0 Å². The van der Waals surface area contributed by atoms with Crippen LogP contribution in [-0.2, 0) is 25.5 Å². The van der Waals surface area contributed by atoms with E-state index < -0.39 is 34.9 Å². The van der Waals surface area contributed by atoms with Crippen LogP contribution in [0, 0.1) is 0 Å². The van der Waals surface area contributed by atoms with Crippen LogP contribution in [0.25, 0.3) is 0 Å². The molecule has 0 spiro atoms. The zero-order valence-electron chi connectivity index (χ0n) is 21.0. The molecule has 0 bridgehead atoms. The molecule has 2 aliphatic heterocycles. The maximum atomic E-state index is 13.8. The minimum absolute atomic E-state index is 0.136. The molecule has 1 saturated heterocycles. The van der Waals surface area contributed by atoms with Crippen molar-refractivity contribution in [2.24, 2.45) is 0 Å². The predicted molar refractivity (Wildman–Crippen MR) is 145 cm³/mol. The van der Waals surface area contributed by atoms with E-state index >= 15 is 0 Å². The van der Waals surface area contributed by atoms with Crippen molar-refractivity contribution in [1.82, 2.24) is 10.2 Å². The van der Waals surface area contributed by atoms with Crippen LogP contribution in [0.5, 0.6) is 0 Å². The van der Waals surface area contributed by atoms with Gasteiger partial charge in [-0.05, 0) is 30.5 Å². The molecule has 0 aromatic heterocycles. The van der Waals surface area contributed by atoms with E-state index in [2.05, 4.69) is 5.32 Å². The number of amides is 2. The van der Waals surface area contributed by atoms with Crippen molar-refractivity contribution in [3.05, 3.63) is 118 Å². The van der Waals surface area contributed by atoms with E-state index in [4.69, 9.17) is 4.74 Å². The van der Waals surface area contributed by atoms with Gasteiger partial charge in [0.05, 0.1) is 6.42 Å². The number of hydrogen-bond donors (Lipinski definition) is 2. The first-order valence-corrected chi connectivity index (χ1v) is 13.2. The third-order valence-corrected chi connectivity index (χ3v) is 8.24. The number of allylic oxidation sites excluding steroid dienone is 1. The van der Waals surface area contributed by atoms with Crippen molar-refractivity contribution in [3.8, 4) is 0 Å². The average Bonchev–Trinajstić information content (AvgIpc) is 2.94. The number of benzene rings is 3.